The van der Waals surface area contributed by atoms with Crippen molar-refractivity contribution in [2.24, 2.45) is 0 Å². The Balaban J connectivity index is 2.20. The van der Waals surface area contributed by atoms with Crippen molar-refractivity contribution in [2.75, 3.05) is 5.73 Å². The zero-order valence-electron chi connectivity index (χ0n) is 11.4. The van der Waals surface area contributed by atoms with Crippen molar-refractivity contribution in [1.82, 2.24) is 9.97 Å². The summed E-state index contributed by atoms with van der Waals surface area (Å²) in [5.41, 5.74) is 8.92. The monoisotopic (exact) mass is 343 g/mol. The number of rotatable bonds is 2. The molecule has 2 heterocycles. The molecule has 5 heteroatoms. The van der Waals surface area contributed by atoms with Crippen LogP contribution in [0.25, 0.3) is 10.9 Å². The summed E-state index contributed by atoms with van der Waals surface area (Å²) in [5, 5.41) is 11.7. The molecule has 1 aromatic carbocycles. The normalized spacial score (nSPS) is 12.5. The standard InChI is InChI=1S/C16H14BrN3O/c1-9-7-12(16(18)20-8-9)15(21)11-4-5-13(17)10-3-2-6-19-14(10)11/h2-8,15,21H,1H3,(H2,18,20). The van der Waals surface area contributed by atoms with Crippen molar-refractivity contribution < 1.29 is 5.11 Å². The Morgan fingerprint density at radius 3 is 2.81 bits per heavy atom. The smallest absolute Gasteiger partial charge is 0.129 e. The van der Waals surface area contributed by atoms with Gasteiger partial charge in [-0.05, 0) is 30.7 Å². The first kappa shape index (κ1) is 14.0. The number of pyridine rings is 2. The maximum absolute atomic E-state index is 10.7. The van der Waals surface area contributed by atoms with Crippen molar-refractivity contribution in [2.45, 2.75) is 13.0 Å². The minimum absolute atomic E-state index is 0.333. The van der Waals surface area contributed by atoms with Gasteiger partial charge < -0.3 is 10.8 Å². The van der Waals surface area contributed by atoms with Crippen LogP contribution in [0.15, 0.2) is 47.2 Å². The number of nitrogens with zero attached hydrogens (tertiary/aromatic N) is 2. The molecular formula is C16H14BrN3O. The summed E-state index contributed by atoms with van der Waals surface area (Å²) < 4.78 is 0.942. The second kappa shape index (κ2) is 5.42. The molecule has 106 valence electrons. The van der Waals surface area contributed by atoms with Crippen molar-refractivity contribution >= 4 is 32.7 Å². The Morgan fingerprint density at radius 1 is 1.19 bits per heavy atom. The number of nitrogens with two attached hydrogens (primary N) is 1. The molecule has 0 saturated heterocycles. The van der Waals surface area contributed by atoms with Gasteiger partial charge in [-0.1, -0.05) is 28.1 Å². The second-order valence-corrected chi connectivity index (χ2v) is 5.78. The molecular weight excluding hydrogens is 330 g/mol. The molecule has 0 fully saturated rings. The number of aliphatic hydroxyl groups is 1. The average Bonchev–Trinajstić information content (AvgIpc) is 2.50. The number of hydrogen-bond donors (Lipinski definition) is 2. The topological polar surface area (TPSA) is 72.0 Å². The van der Waals surface area contributed by atoms with Gasteiger partial charge in [-0.3, -0.25) is 4.98 Å². The van der Waals surface area contributed by atoms with Gasteiger partial charge in [0.25, 0.3) is 0 Å². The summed E-state index contributed by atoms with van der Waals surface area (Å²) in [6, 6.07) is 9.43. The lowest BCUT2D eigenvalue weighted by Crippen LogP contribution is -2.07. The molecule has 1 atom stereocenters. The number of aryl methyl sites for hydroxylation is 1. The molecule has 3 aromatic rings. The van der Waals surface area contributed by atoms with E-state index >= 15 is 0 Å². The molecule has 0 spiro atoms. The molecule has 21 heavy (non-hydrogen) atoms. The summed E-state index contributed by atoms with van der Waals surface area (Å²) in [4.78, 5) is 8.50. The van der Waals surface area contributed by atoms with E-state index in [0.717, 1.165) is 20.9 Å². The summed E-state index contributed by atoms with van der Waals surface area (Å²) in [5.74, 6) is 0.333. The lowest BCUT2D eigenvalue weighted by Gasteiger charge is -2.16. The lowest BCUT2D eigenvalue weighted by atomic mass is 9.98. The van der Waals surface area contributed by atoms with Crippen LogP contribution >= 0.6 is 15.9 Å². The van der Waals surface area contributed by atoms with E-state index < -0.39 is 6.10 Å². The van der Waals surface area contributed by atoms with Crippen LogP contribution in [-0.4, -0.2) is 15.1 Å². The van der Waals surface area contributed by atoms with Crippen LogP contribution in [0.1, 0.15) is 22.8 Å². The second-order valence-electron chi connectivity index (χ2n) is 4.93. The van der Waals surface area contributed by atoms with Gasteiger partial charge in [-0.15, -0.1) is 0 Å². The van der Waals surface area contributed by atoms with E-state index in [1.54, 1.807) is 12.4 Å². The van der Waals surface area contributed by atoms with E-state index in [4.69, 9.17) is 5.73 Å². The highest BCUT2D eigenvalue weighted by atomic mass is 79.9. The van der Waals surface area contributed by atoms with Gasteiger partial charge in [-0.25, -0.2) is 4.98 Å². The van der Waals surface area contributed by atoms with Gasteiger partial charge in [0.15, 0.2) is 0 Å². The lowest BCUT2D eigenvalue weighted by molar-refractivity contribution is 0.222. The third-order valence-corrected chi connectivity index (χ3v) is 4.11. The predicted octanol–water partition coefficient (Wildman–Crippen LogP) is 3.36. The molecule has 1 unspecified atom stereocenters. The number of nitrogen functional groups attached to an aromatic ring is 1. The number of benzene rings is 1. The van der Waals surface area contributed by atoms with Crippen LogP contribution in [0.5, 0.6) is 0 Å². The molecule has 0 aliphatic carbocycles. The van der Waals surface area contributed by atoms with Gasteiger partial charge >= 0.3 is 0 Å². The maximum Gasteiger partial charge on any atom is 0.129 e. The van der Waals surface area contributed by atoms with E-state index in [1.165, 1.54) is 0 Å². The Labute approximate surface area is 130 Å². The third-order valence-electron chi connectivity index (χ3n) is 3.42. The number of anilines is 1. The molecule has 0 aliphatic heterocycles. The first-order valence-corrected chi connectivity index (χ1v) is 7.30. The molecule has 4 nitrogen and oxygen atoms in total. The highest BCUT2D eigenvalue weighted by Crippen LogP contribution is 2.33. The predicted molar refractivity (Wildman–Crippen MR) is 86.9 cm³/mol. The molecule has 0 bridgehead atoms. The van der Waals surface area contributed by atoms with E-state index in [2.05, 4.69) is 25.9 Å². The number of aromatic nitrogens is 2. The molecule has 0 aliphatic rings. The summed E-state index contributed by atoms with van der Waals surface area (Å²) in [6.45, 7) is 1.92. The van der Waals surface area contributed by atoms with Crippen LogP contribution in [0.3, 0.4) is 0 Å². The number of fused-ring (bicyclic) bond motifs is 1. The number of halogens is 1. The Bertz CT molecular complexity index is 820. The molecule has 0 amide bonds. The fourth-order valence-electron chi connectivity index (χ4n) is 2.37. The van der Waals surface area contributed by atoms with Crippen LogP contribution in [0, 0.1) is 6.92 Å². The highest BCUT2D eigenvalue weighted by Gasteiger charge is 2.18. The van der Waals surface area contributed by atoms with E-state index in [9.17, 15) is 5.11 Å². The van der Waals surface area contributed by atoms with Gasteiger partial charge in [0.1, 0.15) is 11.9 Å². The highest BCUT2D eigenvalue weighted by molar-refractivity contribution is 9.10. The number of aliphatic hydroxyl groups excluding tert-OH is 1. The quantitative estimate of drug-likeness (QED) is 0.748. The zero-order valence-corrected chi connectivity index (χ0v) is 13.0. The molecule has 3 rings (SSSR count). The summed E-state index contributed by atoms with van der Waals surface area (Å²) >= 11 is 3.50. The first-order valence-electron chi connectivity index (χ1n) is 6.51. The SMILES string of the molecule is Cc1cnc(N)c(C(O)c2ccc(Br)c3cccnc23)c1. The van der Waals surface area contributed by atoms with E-state index in [1.807, 2.05) is 37.3 Å². The Morgan fingerprint density at radius 2 is 2.00 bits per heavy atom. The first-order chi connectivity index (χ1) is 10.1. The molecule has 0 radical (unpaired) electrons. The van der Waals surface area contributed by atoms with Crippen LogP contribution in [-0.2, 0) is 0 Å². The van der Waals surface area contributed by atoms with Crippen molar-refractivity contribution in [3.63, 3.8) is 0 Å². The largest absolute Gasteiger partial charge is 0.383 e. The van der Waals surface area contributed by atoms with Gasteiger partial charge in [-0.2, -0.15) is 0 Å². The zero-order chi connectivity index (χ0) is 15.0. The fraction of sp³-hybridized carbons (Fsp3) is 0.125. The molecule has 2 aromatic heterocycles. The van der Waals surface area contributed by atoms with E-state index in [-0.39, 0.29) is 0 Å². The fourth-order valence-corrected chi connectivity index (χ4v) is 2.82. The Kier molecular flexibility index (Phi) is 3.61. The van der Waals surface area contributed by atoms with Crippen molar-refractivity contribution in [1.29, 1.82) is 0 Å². The van der Waals surface area contributed by atoms with Crippen LogP contribution in [0.2, 0.25) is 0 Å². The molecule has 3 N–H and O–H groups in total. The van der Waals surface area contributed by atoms with Gasteiger partial charge in [0, 0.05) is 33.4 Å². The minimum atomic E-state index is -0.858. The molecule has 0 saturated carbocycles. The van der Waals surface area contributed by atoms with Crippen molar-refractivity contribution in [3.8, 4) is 0 Å². The van der Waals surface area contributed by atoms with E-state index in [0.29, 0.717) is 16.9 Å². The van der Waals surface area contributed by atoms with Gasteiger partial charge in [0.2, 0.25) is 0 Å². The maximum atomic E-state index is 10.7. The minimum Gasteiger partial charge on any atom is -0.383 e. The van der Waals surface area contributed by atoms with Crippen LogP contribution in [0.4, 0.5) is 5.82 Å². The summed E-state index contributed by atoms with van der Waals surface area (Å²) in [7, 11) is 0. The third kappa shape index (κ3) is 2.50. The Hall–Kier alpha value is -1.98. The van der Waals surface area contributed by atoms with Crippen molar-refractivity contribution in [3.05, 3.63) is 63.9 Å². The number of hydrogen-bond acceptors (Lipinski definition) is 4. The van der Waals surface area contributed by atoms with Crippen LogP contribution < -0.4 is 5.73 Å². The van der Waals surface area contributed by atoms with Gasteiger partial charge in [0.05, 0.1) is 5.52 Å². The average molecular weight is 344 g/mol. The summed E-state index contributed by atoms with van der Waals surface area (Å²) in [6.07, 6.45) is 2.54.